The van der Waals surface area contributed by atoms with Gasteiger partial charge in [0, 0.05) is 12.2 Å². The van der Waals surface area contributed by atoms with Gasteiger partial charge in [-0.15, -0.1) is 0 Å². The molecule has 3 N–H and O–H groups in total. The van der Waals surface area contributed by atoms with Gasteiger partial charge in [0.1, 0.15) is 5.76 Å². The molecule has 0 aromatic rings. The van der Waals surface area contributed by atoms with E-state index >= 15 is 0 Å². The Morgan fingerprint density at radius 3 is 2.53 bits per heavy atom. The highest BCUT2D eigenvalue weighted by molar-refractivity contribution is 6.44. The van der Waals surface area contributed by atoms with Crippen molar-refractivity contribution in [2.45, 2.75) is 37.7 Å². The van der Waals surface area contributed by atoms with Crippen molar-refractivity contribution in [2.75, 3.05) is 0 Å². The summed E-state index contributed by atoms with van der Waals surface area (Å²) >= 11 is 0. The smallest absolute Gasteiger partial charge is 0.459 e. The van der Waals surface area contributed by atoms with Crippen LogP contribution in [0.5, 0.6) is 0 Å². The summed E-state index contributed by atoms with van der Waals surface area (Å²) in [5.74, 6) is -0.629. The molecule has 0 saturated carbocycles. The lowest BCUT2D eigenvalue weighted by Crippen LogP contribution is -2.21. The van der Waals surface area contributed by atoms with Crippen LogP contribution in [0.2, 0.25) is 5.82 Å². The molecule has 0 spiro atoms. The van der Waals surface area contributed by atoms with Crippen LogP contribution in [-0.4, -0.2) is 28.4 Å². The van der Waals surface area contributed by atoms with E-state index in [2.05, 4.69) is 0 Å². The van der Waals surface area contributed by atoms with Gasteiger partial charge in [-0.05, 0) is 30.9 Å². The van der Waals surface area contributed by atoms with E-state index in [9.17, 15) is 18.3 Å². The maximum absolute atomic E-state index is 11.9. The van der Waals surface area contributed by atoms with Crippen molar-refractivity contribution in [3.8, 4) is 0 Å². The molecule has 0 aromatic carbocycles. The van der Waals surface area contributed by atoms with E-state index in [0.29, 0.717) is 5.57 Å². The zero-order valence-corrected chi connectivity index (χ0v) is 9.11. The number of halogens is 3. The SMILES string of the molecule is OB(O)C1C=CC(O)=C(CCCC(F)(F)F)C1. The van der Waals surface area contributed by atoms with E-state index < -0.39 is 25.5 Å². The summed E-state index contributed by atoms with van der Waals surface area (Å²) in [5.41, 5.74) is 0.440. The molecule has 3 nitrogen and oxygen atoms in total. The minimum atomic E-state index is -4.20. The van der Waals surface area contributed by atoms with Gasteiger partial charge < -0.3 is 15.2 Å². The van der Waals surface area contributed by atoms with Gasteiger partial charge in [0.15, 0.2) is 0 Å². The zero-order chi connectivity index (χ0) is 13.1. The fraction of sp³-hybridized carbons (Fsp3) is 0.600. The van der Waals surface area contributed by atoms with E-state index in [-0.39, 0.29) is 25.0 Å². The van der Waals surface area contributed by atoms with Crippen molar-refractivity contribution < 1.29 is 28.3 Å². The maximum atomic E-state index is 11.9. The molecule has 1 rings (SSSR count). The van der Waals surface area contributed by atoms with E-state index in [1.54, 1.807) is 0 Å². The molecule has 7 heteroatoms. The number of alkyl halides is 3. The minimum absolute atomic E-state index is 0.0657. The van der Waals surface area contributed by atoms with Gasteiger partial charge in [0.25, 0.3) is 0 Å². The van der Waals surface area contributed by atoms with Crippen LogP contribution in [0.1, 0.15) is 25.7 Å². The van der Waals surface area contributed by atoms with Crippen molar-refractivity contribution in [2.24, 2.45) is 0 Å². The molecule has 0 saturated heterocycles. The quantitative estimate of drug-likeness (QED) is 0.671. The van der Waals surface area contributed by atoms with Crippen molar-refractivity contribution in [1.29, 1.82) is 0 Å². The van der Waals surface area contributed by atoms with Crippen molar-refractivity contribution in [1.82, 2.24) is 0 Å². The summed E-state index contributed by atoms with van der Waals surface area (Å²) in [4.78, 5) is 0. The molecule has 0 radical (unpaired) electrons. The third kappa shape index (κ3) is 4.83. The molecule has 1 unspecified atom stereocenters. The topological polar surface area (TPSA) is 60.7 Å². The number of aliphatic hydroxyl groups is 1. The van der Waals surface area contributed by atoms with Crippen LogP contribution in [0.4, 0.5) is 13.2 Å². The average Bonchev–Trinajstić information content (AvgIpc) is 2.18. The molecular formula is C10H14BF3O3. The van der Waals surface area contributed by atoms with Crippen molar-refractivity contribution in [3.63, 3.8) is 0 Å². The summed E-state index contributed by atoms with van der Waals surface area (Å²) < 4.78 is 35.8. The van der Waals surface area contributed by atoms with E-state index in [1.165, 1.54) is 12.2 Å². The summed E-state index contributed by atoms with van der Waals surface area (Å²) in [7, 11) is -1.56. The lowest BCUT2D eigenvalue weighted by molar-refractivity contribution is -0.135. The van der Waals surface area contributed by atoms with Gasteiger partial charge in [-0.1, -0.05) is 6.08 Å². The third-order valence-corrected chi connectivity index (χ3v) is 2.67. The van der Waals surface area contributed by atoms with Gasteiger partial charge in [0.2, 0.25) is 0 Å². The Balaban J connectivity index is 2.49. The van der Waals surface area contributed by atoms with Crippen LogP contribution >= 0.6 is 0 Å². The molecule has 0 aliphatic heterocycles. The fourth-order valence-electron chi connectivity index (χ4n) is 1.73. The molecule has 0 bridgehead atoms. The van der Waals surface area contributed by atoms with E-state index in [0.717, 1.165) is 0 Å². The van der Waals surface area contributed by atoms with Gasteiger partial charge in [-0.2, -0.15) is 13.2 Å². The normalized spacial score (nSPS) is 20.9. The van der Waals surface area contributed by atoms with Gasteiger partial charge in [-0.3, -0.25) is 0 Å². The second-order valence-corrected chi connectivity index (χ2v) is 4.10. The summed E-state index contributed by atoms with van der Waals surface area (Å²) in [5, 5.41) is 27.4. The van der Waals surface area contributed by atoms with E-state index in [4.69, 9.17) is 10.0 Å². The summed E-state index contributed by atoms with van der Waals surface area (Å²) in [6.07, 6.45) is -2.18. The molecule has 1 atom stereocenters. The minimum Gasteiger partial charge on any atom is -0.508 e. The first-order valence-corrected chi connectivity index (χ1v) is 5.31. The van der Waals surface area contributed by atoms with Crippen molar-refractivity contribution >= 4 is 7.12 Å². The third-order valence-electron chi connectivity index (χ3n) is 2.67. The summed E-state index contributed by atoms with van der Waals surface area (Å²) in [6.45, 7) is 0. The first-order chi connectivity index (χ1) is 7.79. The molecule has 0 heterocycles. The average molecular weight is 250 g/mol. The highest BCUT2D eigenvalue weighted by Crippen LogP contribution is 2.32. The van der Waals surface area contributed by atoms with Crippen molar-refractivity contribution in [3.05, 3.63) is 23.5 Å². The second-order valence-electron chi connectivity index (χ2n) is 4.10. The second kappa shape index (κ2) is 5.60. The molecule has 0 fully saturated rings. The fourth-order valence-corrected chi connectivity index (χ4v) is 1.73. The Bertz CT molecular complexity index is 323. The molecule has 1 aliphatic carbocycles. The van der Waals surface area contributed by atoms with Gasteiger partial charge in [0.05, 0.1) is 0 Å². The Kier molecular flexibility index (Phi) is 4.65. The van der Waals surface area contributed by atoms with E-state index in [1.807, 2.05) is 0 Å². The Morgan fingerprint density at radius 1 is 1.35 bits per heavy atom. The monoisotopic (exact) mass is 250 g/mol. The number of aliphatic hydroxyl groups excluding tert-OH is 1. The van der Waals surface area contributed by atoms with Gasteiger partial charge >= 0.3 is 13.3 Å². The summed E-state index contributed by atoms with van der Waals surface area (Å²) in [6, 6.07) is 0. The van der Waals surface area contributed by atoms with Crippen LogP contribution in [0.3, 0.4) is 0 Å². The van der Waals surface area contributed by atoms with Crippen LogP contribution in [-0.2, 0) is 0 Å². The Morgan fingerprint density at radius 2 is 2.00 bits per heavy atom. The first kappa shape index (κ1) is 14.1. The first-order valence-electron chi connectivity index (χ1n) is 5.31. The Hall–Kier alpha value is -0.945. The molecule has 17 heavy (non-hydrogen) atoms. The molecule has 0 amide bonds. The highest BCUT2D eigenvalue weighted by atomic mass is 19.4. The highest BCUT2D eigenvalue weighted by Gasteiger charge is 2.28. The predicted octanol–water partition coefficient (Wildman–Crippen LogP) is 2.33. The lowest BCUT2D eigenvalue weighted by atomic mass is 9.67. The number of rotatable bonds is 4. The zero-order valence-electron chi connectivity index (χ0n) is 9.11. The molecule has 96 valence electrons. The number of hydrogen-bond acceptors (Lipinski definition) is 3. The lowest BCUT2D eigenvalue weighted by Gasteiger charge is -2.19. The molecular weight excluding hydrogens is 236 g/mol. The predicted molar refractivity (Wildman–Crippen MR) is 57.3 cm³/mol. The molecule has 1 aliphatic rings. The van der Waals surface area contributed by atoms with Crippen LogP contribution in [0, 0.1) is 0 Å². The molecule has 0 aromatic heterocycles. The maximum Gasteiger partial charge on any atom is 0.459 e. The standard InChI is InChI=1S/C10H14BF3O3/c12-10(13,14)5-1-2-7-6-8(11(16)17)3-4-9(7)15/h3-4,8,15-17H,1-2,5-6H2. The largest absolute Gasteiger partial charge is 0.508 e. The van der Waals surface area contributed by atoms with Crippen LogP contribution in [0.15, 0.2) is 23.5 Å². The number of hydrogen-bond donors (Lipinski definition) is 3. The van der Waals surface area contributed by atoms with Crippen LogP contribution < -0.4 is 0 Å². The Labute approximate surface area is 97.4 Å². The number of allylic oxidation sites excluding steroid dienone is 3. The van der Waals surface area contributed by atoms with Gasteiger partial charge in [-0.25, -0.2) is 0 Å². The van der Waals surface area contributed by atoms with Crippen LogP contribution in [0.25, 0.3) is 0 Å².